The first-order valence-electron chi connectivity index (χ1n) is 6.35. The highest BCUT2D eigenvalue weighted by Gasteiger charge is 2.54. The van der Waals surface area contributed by atoms with Gasteiger partial charge in [-0.1, -0.05) is 0 Å². The van der Waals surface area contributed by atoms with Crippen LogP contribution in [-0.4, -0.2) is 50.1 Å². The number of hydrogen-bond donors (Lipinski definition) is 0. The van der Waals surface area contributed by atoms with Gasteiger partial charge in [0.15, 0.2) is 12.1 Å². The number of esters is 1. The third-order valence-electron chi connectivity index (χ3n) is 2.99. The Morgan fingerprint density at radius 1 is 1.32 bits per heavy atom. The molecular weight excluding hydrogens is 252 g/mol. The molecule has 2 aliphatic rings. The summed E-state index contributed by atoms with van der Waals surface area (Å²) < 4.78 is 27.2. The molecule has 2 saturated heterocycles. The predicted molar refractivity (Wildman–Crippen MR) is 65.3 cm³/mol. The monoisotopic (exact) mass is 272 g/mol. The zero-order valence-electron chi connectivity index (χ0n) is 11.6. The Bertz CT molecular complexity index is 364. The lowest BCUT2D eigenvalue weighted by Gasteiger charge is -2.22. The highest BCUT2D eigenvalue weighted by atomic mass is 16.8. The van der Waals surface area contributed by atoms with E-state index in [-0.39, 0.29) is 18.3 Å². The fourth-order valence-electron chi connectivity index (χ4n) is 2.30. The van der Waals surface area contributed by atoms with E-state index < -0.39 is 18.0 Å². The van der Waals surface area contributed by atoms with Gasteiger partial charge in [0.05, 0.1) is 6.61 Å². The van der Waals surface area contributed by atoms with Gasteiger partial charge in [-0.05, 0) is 26.8 Å². The van der Waals surface area contributed by atoms with E-state index in [1.807, 2.05) is 13.8 Å². The Kier molecular flexibility index (Phi) is 4.25. The molecule has 2 aliphatic heterocycles. The van der Waals surface area contributed by atoms with Crippen LogP contribution in [0, 0.1) is 0 Å². The minimum absolute atomic E-state index is 0.286. The van der Waals surface area contributed by atoms with Gasteiger partial charge >= 0.3 is 5.97 Å². The van der Waals surface area contributed by atoms with Crippen LogP contribution in [0.2, 0.25) is 0 Å². The Hall–Kier alpha value is -0.950. The molecule has 0 unspecified atom stereocenters. The SMILES string of the molecule is CCOC(=O)/C=C/[C@H]1O[C@@H](OC)[C@@H]2OC(C)(C)O[C@@H]21. The maximum absolute atomic E-state index is 11.3. The molecule has 2 heterocycles. The van der Waals surface area contributed by atoms with Crippen LogP contribution in [0.5, 0.6) is 0 Å². The zero-order chi connectivity index (χ0) is 14.0. The van der Waals surface area contributed by atoms with E-state index in [0.717, 1.165) is 0 Å². The van der Waals surface area contributed by atoms with Gasteiger partial charge in [-0.3, -0.25) is 0 Å². The summed E-state index contributed by atoms with van der Waals surface area (Å²) in [5.74, 6) is -1.08. The van der Waals surface area contributed by atoms with E-state index >= 15 is 0 Å². The lowest BCUT2D eigenvalue weighted by Crippen LogP contribution is -2.30. The van der Waals surface area contributed by atoms with Crippen molar-refractivity contribution < 1.29 is 28.5 Å². The summed E-state index contributed by atoms with van der Waals surface area (Å²) in [6, 6.07) is 0. The van der Waals surface area contributed by atoms with Gasteiger partial charge in [-0.2, -0.15) is 0 Å². The van der Waals surface area contributed by atoms with Crippen molar-refractivity contribution in [3.63, 3.8) is 0 Å². The molecular formula is C13H20O6. The van der Waals surface area contributed by atoms with Crippen LogP contribution in [0.15, 0.2) is 12.2 Å². The van der Waals surface area contributed by atoms with E-state index in [0.29, 0.717) is 6.61 Å². The second-order valence-corrected chi connectivity index (χ2v) is 4.88. The number of carbonyl (C=O) groups excluding carboxylic acids is 1. The average molecular weight is 272 g/mol. The number of ether oxygens (including phenoxy) is 5. The van der Waals surface area contributed by atoms with Gasteiger partial charge in [0.1, 0.15) is 18.3 Å². The van der Waals surface area contributed by atoms with Crippen LogP contribution in [0.3, 0.4) is 0 Å². The molecule has 0 N–H and O–H groups in total. The van der Waals surface area contributed by atoms with Crippen molar-refractivity contribution in [3.05, 3.63) is 12.2 Å². The first kappa shape index (κ1) is 14.5. The third kappa shape index (κ3) is 3.14. The molecule has 0 spiro atoms. The molecule has 108 valence electrons. The molecule has 6 heteroatoms. The maximum Gasteiger partial charge on any atom is 0.330 e. The topological polar surface area (TPSA) is 63.2 Å². The molecule has 2 rings (SSSR count). The summed E-state index contributed by atoms with van der Waals surface area (Å²) in [7, 11) is 1.55. The molecule has 0 amide bonds. The van der Waals surface area contributed by atoms with Crippen LogP contribution in [0.1, 0.15) is 20.8 Å². The van der Waals surface area contributed by atoms with Crippen molar-refractivity contribution in [1.29, 1.82) is 0 Å². The van der Waals surface area contributed by atoms with Crippen LogP contribution >= 0.6 is 0 Å². The zero-order valence-corrected chi connectivity index (χ0v) is 11.6. The molecule has 0 saturated carbocycles. The predicted octanol–water partition coefficient (Wildman–Crippen LogP) is 0.997. The van der Waals surface area contributed by atoms with E-state index in [9.17, 15) is 4.79 Å². The van der Waals surface area contributed by atoms with E-state index in [4.69, 9.17) is 23.7 Å². The van der Waals surface area contributed by atoms with Crippen LogP contribution in [0.25, 0.3) is 0 Å². The lowest BCUT2D eigenvalue weighted by atomic mass is 10.1. The minimum Gasteiger partial charge on any atom is -0.463 e. The number of rotatable bonds is 4. The quantitative estimate of drug-likeness (QED) is 0.562. The van der Waals surface area contributed by atoms with Gasteiger partial charge < -0.3 is 23.7 Å². The third-order valence-corrected chi connectivity index (χ3v) is 2.99. The number of hydrogen-bond acceptors (Lipinski definition) is 6. The summed E-state index contributed by atoms with van der Waals surface area (Å²) in [6.07, 6.45) is 1.50. The Morgan fingerprint density at radius 3 is 2.63 bits per heavy atom. The van der Waals surface area contributed by atoms with E-state index in [1.165, 1.54) is 6.08 Å². The second-order valence-electron chi connectivity index (χ2n) is 4.88. The van der Waals surface area contributed by atoms with Crippen molar-refractivity contribution in [1.82, 2.24) is 0 Å². The fourth-order valence-corrected chi connectivity index (χ4v) is 2.30. The summed E-state index contributed by atoms with van der Waals surface area (Å²) in [6.45, 7) is 5.77. The van der Waals surface area contributed by atoms with Gasteiger partial charge in [0, 0.05) is 13.2 Å². The fraction of sp³-hybridized carbons (Fsp3) is 0.769. The van der Waals surface area contributed by atoms with E-state index in [2.05, 4.69) is 0 Å². The summed E-state index contributed by atoms with van der Waals surface area (Å²) in [5, 5.41) is 0. The lowest BCUT2D eigenvalue weighted by molar-refractivity contribution is -0.221. The first-order valence-corrected chi connectivity index (χ1v) is 6.35. The van der Waals surface area contributed by atoms with Crippen LogP contribution in [0.4, 0.5) is 0 Å². The highest BCUT2D eigenvalue weighted by Crippen LogP contribution is 2.39. The normalized spacial score (nSPS) is 36.6. The molecule has 0 aromatic rings. The largest absolute Gasteiger partial charge is 0.463 e. The van der Waals surface area contributed by atoms with Crippen molar-refractivity contribution in [2.75, 3.05) is 13.7 Å². The smallest absolute Gasteiger partial charge is 0.330 e. The Morgan fingerprint density at radius 2 is 2.00 bits per heavy atom. The summed E-state index contributed by atoms with van der Waals surface area (Å²) in [5.41, 5.74) is 0. The number of methoxy groups -OCH3 is 1. The van der Waals surface area contributed by atoms with Gasteiger partial charge in [0.25, 0.3) is 0 Å². The van der Waals surface area contributed by atoms with Crippen molar-refractivity contribution in [2.24, 2.45) is 0 Å². The van der Waals surface area contributed by atoms with Crippen LogP contribution in [-0.2, 0) is 28.5 Å². The average Bonchev–Trinajstić information content (AvgIpc) is 2.80. The minimum atomic E-state index is -0.675. The van der Waals surface area contributed by atoms with Crippen LogP contribution < -0.4 is 0 Å². The molecule has 0 radical (unpaired) electrons. The maximum atomic E-state index is 11.3. The first-order chi connectivity index (χ1) is 8.96. The van der Waals surface area contributed by atoms with Gasteiger partial charge in [0.2, 0.25) is 0 Å². The molecule has 0 aliphatic carbocycles. The standard InChI is InChI=1S/C13H20O6/c1-5-16-9(14)7-6-8-10-11(12(15-4)17-8)19-13(2,3)18-10/h6-8,10-12H,5H2,1-4H3/b7-6+/t8-,10-,11-,12-/m1/s1. The molecule has 6 nitrogen and oxygen atoms in total. The van der Waals surface area contributed by atoms with Crippen molar-refractivity contribution in [3.8, 4) is 0 Å². The molecule has 0 bridgehead atoms. The summed E-state index contributed by atoms with van der Waals surface area (Å²) in [4.78, 5) is 11.3. The summed E-state index contributed by atoms with van der Waals surface area (Å²) >= 11 is 0. The Balaban J connectivity index is 2.04. The number of carbonyl (C=O) groups is 1. The number of fused-ring (bicyclic) bond motifs is 1. The Labute approximate surface area is 112 Å². The molecule has 4 atom stereocenters. The van der Waals surface area contributed by atoms with Crippen molar-refractivity contribution in [2.45, 2.75) is 51.2 Å². The van der Waals surface area contributed by atoms with E-state index in [1.54, 1.807) is 20.1 Å². The molecule has 0 aromatic carbocycles. The van der Waals surface area contributed by atoms with Crippen molar-refractivity contribution >= 4 is 5.97 Å². The van der Waals surface area contributed by atoms with Gasteiger partial charge in [-0.25, -0.2) is 4.79 Å². The molecule has 19 heavy (non-hydrogen) atoms. The molecule has 2 fully saturated rings. The second kappa shape index (κ2) is 5.58. The highest BCUT2D eigenvalue weighted by molar-refractivity contribution is 5.81. The van der Waals surface area contributed by atoms with Gasteiger partial charge in [-0.15, -0.1) is 0 Å². The molecule has 0 aromatic heterocycles.